The fraction of sp³-hybridized carbons (Fsp3) is 0.600. The van der Waals surface area contributed by atoms with Gasteiger partial charge in [0.05, 0.1) is 12.6 Å². The topological polar surface area (TPSA) is 92.5 Å². The van der Waals surface area contributed by atoms with Crippen molar-refractivity contribution in [3.63, 3.8) is 0 Å². The largest absolute Gasteiger partial charge is 0.384 e. The third-order valence-electron chi connectivity index (χ3n) is 6.26. The second-order valence-corrected chi connectivity index (χ2v) is 8.67. The Balaban J connectivity index is 1.93. The van der Waals surface area contributed by atoms with E-state index in [0.29, 0.717) is 25.7 Å². The summed E-state index contributed by atoms with van der Waals surface area (Å²) in [6.07, 6.45) is 9.38. The molecule has 0 bridgehead atoms. The maximum Gasteiger partial charge on any atom is 0.253 e. The number of morpholine rings is 1. The minimum absolute atomic E-state index is 0.0385. The van der Waals surface area contributed by atoms with Crippen LogP contribution >= 0.6 is 0 Å². The van der Waals surface area contributed by atoms with Gasteiger partial charge in [-0.2, -0.15) is 0 Å². The maximum absolute atomic E-state index is 13.5. The fourth-order valence-corrected chi connectivity index (χ4v) is 4.12. The molecule has 2 aliphatic rings. The van der Waals surface area contributed by atoms with E-state index in [1.54, 1.807) is 6.20 Å². The number of nitrogens with one attached hydrogen (secondary N) is 2. The van der Waals surface area contributed by atoms with Gasteiger partial charge in [0.15, 0.2) is 0 Å². The number of rotatable bonds is 11. The number of amides is 1. The van der Waals surface area contributed by atoms with Crippen molar-refractivity contribution < 1.29 is 9.53 Å². The second kappa shape index (κ2) is 12.1. The first-order valence-electron chi connectivity index (χ1n) is 12.0. The monoisotopic (exact) mass is 441 g/mol. The molecule has 32 heavy (non-hydrogen) atoms. The molecule has 2 fully saturated rings. The molecule has 1 aliphatic carbocycles. The van der Waals surface area contributed by atoms with Crippen molar-refractivity contribution in [3.05, 3.63) is 47.3 Å². The number of hydrogen-bond donors (Lipinski definition) is 3. The second-order valence-electron chi connectivity index (χ2n) is 8.67. The van der Waals surface area contributed by atoms with Crippen molar-refractivity contribution in [2.75, 3.05) is 32.8 Å². The summed E-state index contributed by atoms with van der Waals surface area (Å²) in [4.78, 5) is 19.9. The van der Waals surface area contributed by atoms with Gasteiger partial charge in [-0.25, -0.2) is 0 Å². The normalized spacial score (nSPS) is 21.0. The highest BCUT2D eigenvalue weighted by molar-refractivity contribution is 5.83. The lowest BCUT2D eigenvalue weighted by atomic mass is 9.96. The molecule has 7 nitrogen and oxygen atoms in total. The number of hydrogen-bond acceptors (Lipinski definition) is 6. The van der Waals surface area contributed by atoms with Crippen LogP contribution in [0.5, 0.6) is 0 Å². The van der Waals surface area contributed by atoms with Crippen molar-refractivity contribution in [3.8, 4) is 0 Å². The van der Waals surface area contributed by atoms with Gasteiger partial charge in [0, 0.05) is 49.3 Å². The first-order chi connectivity index (χ1) is 15.6. The van der Waals surface area contributed by atoms with Gasteiger partial charge in [-0.05, 0) is 69.9 Å². The Hall–Kier alpha value is -2.22. The molecule has 4 N–H and O–H groups in total. The highest BCUT2D eigenvalue weighted by Crippen LogP contribution is 2.33. The lowest BCUT2D eigenvalue weighted by Gasteiger charge is -2.35. The number of ether oxygens (including phenoxy) is 1. The molecule has 1 aromatic heterocycles. The summed E-state index contributed by atoms with van der Waals surface area (Å²) in [6, 6.07) is 4.26. The molecule has 1 aliphatic heterocycles. The molecule has 0 aromatic carbocycles. The molecule has 0 radical (unpaired) electrons. The number of carbonyl (C=O) groups excluding carboxylic acids is 1. The van der Waals surface area contributed by atoms with E-state index in [1.165, 1.54) is 11.1 Å². The van der Waals surface area contributed by atoms with Gasteiger partial charge in [-0.3, -0.25) is 9.78 Å². The van der Waals surface area contributed by atoms with Gasteiger partial charge in [0.2, 0.25) is 0 Å². The Kier molecular flexibility index (Phi) is 9.26. The molecule has 1 saturated heterocycles. The zero-order valence-electron chi connectivity index (χ0n) is 19.8. The van der Waals surface area contributed by atoms with Crippen molar-refractivity contribution >= 4 is 11.6 Å². The van der Waals surface area contributed by atoms with E-state index in [2.05, 4.69) is 53.4 Å². The van der Waals surface area contributed by atoms with Crippen LogP contribution in [0.3, 0.4) is 0 Å². The molecule has 1 saturated carbocycles. The Morgan fingerprint density at radius 3 is 2.88 bits per heavy atom. The van der Waals surface area contributed by atoms with E-state index in [0.717, 1.165) is 50.0 Å². The van der Waals surface area contributed by atoms with Crippen LogP contribution in [-0.4, -0.2) is 66.8 Å². The predicted octanol–water partition coefficient (Wildman–Crippen LogP) is 2.46. The van der Waals surface area contributed by atoms with E-state index in [9.17, 15) is 4.79 Å². The van der Waals surface area contributed by atoms with Gasteiger partial charge in [0.1, 0.15) is 6.10 Å². The molecule has 1 aromatic rings. The Morgan fingerprint density at radius 2 is 2.28 bits per heavy atom. The minimum atomic E-state index is -0.403. The van der Waals surface area contributed by atoms with E-state index in [-0.39, 0.29) is 11.9 Å². The molecule has 0 unspecified atom stereocenters. The predicted molar refractivity (Wildman–Crippen MR) is 129 cm³/mol. The van der Waals surface area contributed by atoms with Gasteiger partial charge < -0.3 is 26.0 Å². The molecule has 2 atom stereocenters. The lowest BCUT2D eigenvalue weighted by Crippen LogP contribution is -2.53. The van der Waals surface area contributed by atoms with Crippen molar-refractivity contribution in [2.45, 2.75) is 64.6 Å². The van der Waals surface area contributed by atoms with Gasteiger partial charge in [0.25, 0.3) is 5.91 Å². The highest BCUT2D eigenvalue weighted by atomic mass is 16.5. The zero-order valence-corrected chi connectivity index (χ0v) is 19.8. The van der Waals surface area contributed by atoms with Crippen molar-refractivity contribution in [2.24, 2.45) is 5.73 Å². The molecule has 1 amide bonds. The number of nitrogens with two attached hydrogens (primary N) is 1. The van der Waals surface area contributed by atoms with Crippen LogP contribution in [-0.2, 0) is 9.53 Å². The molecule has 3 rings (SSSR count). The van der Waals surface area contributed by atoms with Crippen LogP contribution in [0.1, 0.15) is 52.0 Å². The average Bonchev–Trinajstić information content (AvgIpc) is 3.67. The Morgan fingerprint density at radius 1 is 1.47 bits per heavy atom. The third-order valence-corrected chi connectivity index (χ3v) is 6.26. The zero-order chi connectivity index (χ0) is 22.9. The Labute approximate surface area is 192 Å². The quantitative estimate of drug-likeness (QED) is 0.361. The molecular formula is C25H39N5O2. The summed E-state index contributed by atoms with van der Waals surface area (Å²) in [7, 11) is 0. The SMILES string of the molecule is CC/C(C)=C(/C=C(\NCCCN)c1cccnc1)[C@@H](C)N(C(=O)[C@H]1CNCCO1)C1CC1. The highest BCUT2D eigenvalue weighted by Gasteiger charge is 2.40. The van der Waals surface area contributed by atoms with E-state index < -0.39 is 6.10 Å². The average molecular weight is 442 g/mol. The number of carbonyl (C=O) groups is 1. The summed E-state index contributed by atoms with van der Waals surface area (Å²) in [5, 5.41) is 6.84. The van der Waals surface area contributed by atoms with Crippen LogP contribution < -0.4 is 16.4 Å². The van der Waals surface area contributed by atoms with E-state index in [1.807, 2.05) is 12.3 Å². The summed E-state index contributed by atoms with van der Waals surface area (Å²) in [5.74, 6) is 0.0982. The number of allylic oxidation sites excluding steroid dienone is 1. The van der Waals surface area contributed by atoms with Gasteiger partial charge in [-0.1, -0.05) is 12.5 Å². The van der Waals surface area contributed by atoms with Crippen LogP contribution in [0.2, 0.25) is 0 Å². The maximum atomic E-state index is 13.5. The van der Waals surface area contributed by atoms with Crippen LogP contribution in [0.15, 0.2) is 41.7 Å². The van der Waals surface area contributed by atoms with Crippen LogP contribution in [0, 0.1) is 0 Å². The van der Waals surface area contributed by atoms with Crippen molar-refractivity contribution in [1.29, 1.82) is 0 Å². The smallest absolute Gasteiger partial charge is 0.253 e. The summed E-state index contributed by atoms with van der Waals surface area (Å²) in [5.41, 5.74) is 10.2. The van der Waals surface area contributed by atoms with E-state index >= 15 is 0 Å². The molecular weight excluding hydrogens is 402 g/mol. The van der Waals surface area contributed by atoms with Crippen LogP contribution in [0.4, 0.5) is 0 Å². The number of pyridine rings is 1. The molecule has 2 heterocycles. The molecule has 7 heteroatoms. The van der Waals surface area contributed by atoms with Gasteiger partial charge in [-0.15, -0.1) is 0 Å². The van der Waals surface area contributed by atoms with Gasteiger partial charge >= 0.3 is 0 Å². The first kappa shape index (κ1) is 24.4. The summed E-state index contributed by atoms with van der Waals surface area (Å²) in [6.45, 7) is 9.87. The molecule has 0 spiro atoms. The fourth-order valence-electron chi connectivity index (χ4n) is 4.12. The first-order valence-corrected chi connectivity index (χ1v) is 12.0. The molecule has 176 valence electrons. The summed E-state index contributed by atoms with van der Waals surface area (Å²) < 4.78 is 5.81. The standard InChI is InChI=1S/C25H39N5O2/c1-4-18(2)22(15-23(29-12-6-10-26)20-7-5-11-27-16-20)19(3)30(21-8-9-21)25(31)24-17-28-13-14-32-24/h5,7,11,15-16,19,21,24,28-29H,4,6,8-10,12-14,17,26H2,1-3H3/b22-18-,23-15-/t19-,24-/m1/s1. The number of nitrogens with zero attached hydrogens (tertiary/aromatic N) is 2. The minimum Gasteiger partial charge on any atom is -0.384 e. The Bertz CT molecular complexity index is 798. The van der Waals surface area contributed by atoms with Crippen molar-refractivity contribution in [1.82, 2.24) is 20.5 Å². The number of aromatic nitrogens is 1. The van der Waals surface area contributed by atoms with Crippen LogP contribution in [0.25, 0.3) is 5.70 Å². The lowest BCUT2D eigenvalue weighted by molar-refractivity contribution is -0.147. The third kappa shape index (κ3) is 6.40. The van der Waals surface area contributed by atoms with E-state index in [4.69, 9.17) is 10.5 Å². The summed E-state index contributed by atoms with van der Waals surface area (Å²) >= 11 is 0.